The number of amides is 2. The van der Waals surface area contributed by atoms with E-state index in [1.54, 1.807) is 30.3 Å². The molecule has 0 atom stereocenters. The van der Waals surface area contributed by atoms with E-state index in [0.717, 1.165) is 31.3 Å². The number of carbonyl (C=O) groups is 2. The summed E-state index contributed by atoms with van der Waals surface area (Å²) in [5, 5.41) is 48.3. The first-order valence-electron chi connectivity index (χ1n) is 17.3. The Morgan fingerprint density at radius 3 is 2.05 bits per heavy atom. The van der Waals surface area contributed by atoms with Gasteiger partial charge < -0.3 is 41.0 Å². The van der Waals surface area contributed by atoms with Gasteiger partial charge in [-0.15, -0.1) is 20.4 Å². The number of rotatable bonds is 16. The molecular weight excluding hydrogens is 790 g/mol. The predicted molar refractivity (Wildman–Crippen MR) is 207 cm³/mol. The zero-order valence-electron chi connectivity index (χ0n) is 30.5. The molecule has 0 aliphatic carbocycles. The molecule has 2 heterocycles. The summed E-state index contributed by atoms with van der Waals surface area (Å²) in [7, 11) is 1.53. The number of hydrogen-bond donors (Lipinski definition) is 5. The largest absolute Gasteiger partial charge is 0.507 e. The van der Waals surface area contributed by atoms with Gasteiger partial charge in [-0.3, -0.25) is 19.1 Å². The Balaban J connectivity index is 1.38. The van der Waals surface area contributed by atoms with Crippen molar-refractivity contribution < 1.29 is 39.4 Å². The smallest absolute Gasteiger partial charge is 0.287 e. The molecule has 17 nitrogen and oxygen atoms in total. The molecule has 0 aliphatic heterocycles. The molecule has 0 bridgehead atoms. The zero-order chi connectivity index (χ0) is 40.1. The van der Waals surface area contributed by atoms with E-state index >= 15 is 0 Å². The van der Waals surface area contributed by atoms with Crippen LogP contribution in [-0.2, 0) is 18.0 Å². The summed E-state index contributed by atoms with van der Waals surface area (Å²) in [6, 6.07) is 20.0. The highest BCUT2D eigenvalue weighted by Gasteiger charge is 2.26. The van der Waals surface area contributed by atoms with Gasteiger partial charge in [0.15, 0.2) is 17.4 Å². The van der Waals surface area contributed by atoms with Gasteiger partial charge in [0.25, 0.3) is 11.8 Å². The Morgan fingerprint density at radius 2 is 1.41 bits per heavy atom. The van der Waals surface area contributed by atoms with Crippen molar-refractivity contribution in [1.82, 2.24) is 34.4 Å². The second kappa shape index (κ2) is 16.9. The van der Waals surface area contributed by atoms with Gasteiger partial charge in [0.1, 0.15) is 29.6 Å². The SMILES string of the molecule is CCN(CC)Cc1ccc(-c2cc(-c3nnc(C(N)=O)n3-c3ccc(OC)cc3)c(OOCCn3c(C(N)=O)nnc3-c3cc(Br)c(O)cc3O)cc2O)cc1. The fourth-order valence-corrected chi connectivity index (χ4v) is 6.34. The number of primary amides is 2. The number of carbonyl (C=O) groups excluding carboxylic acids is 2. The average molecular weight is 829 g/mol. The van der Waals surface area contributed by atoms with Crippen molar-refractivity contribution in [1.29, 1.82) is 0 Å². The van der Waals surface area contributed by atoms with Crippen molar-refractivity contribution in [2.75, 3.05) is 26.8 Å². The minimum atomic E-state index is -0.894. The molecule has 0 saturated carbocycles. The van der Waals surface area contributed by atoms with E-state index in [-0.39, 0.29) is 75.0 Å². The van der Waals surface area contributed by atoms with Crippen LogP contribution in [0.15, 0.2) is 77.3 Å². The monoisotopic (exact) mass is 827 g/mol. The number of benzene rings is 4. The molecule has 4 aromatic carbocycles. The number of phenols is 3. The standard InChI is InChI=1S/C38H38BrN9O8/c1-4-46(5-2)20-21-6-8-22(9-7-21)25-16-27(36-43-45-38(34(41)53)48(36)23-10-12-24(54-3)13-11-23)32(19-30(25)50)56-55-15-14-47-35(42-44-37(47)33(40)52)26-17-28(39)31(51)18-29(26)49/h6-13,16-19,49-51H,4-5,14-15,20H2,1-3H3,(H2,40,52)(H2,41,53). The van der Waals surface area contributed by atoms with Crippen LogP contribution in [0.5, 0.6) is 28.7 Å². The average Bonchev–Trinajstić information content (AvgIpc) is 3.83. The number of nitrogens with zero attached hydrogens (tertiary/aromatic N) is 7. The van der Waals surface area contributed by atoms with Crippen LogP contribution in [-0.4, -0.2) is 88.4 Å². The van der Waals surface area contributed by atoms with Gasteiger partial charge in [-0.2, -0.15) is 4.89 Å². The van der Waals surface area contributed by atoms with Crippen molar-refractivity contribution in [2.45, 2.75) is 26.9 Å². The quantitative estimate of drug-likeness (QED) is 0.0501. The van der Waals surface area contributed by atoms with Crippen molar-refractivity contribution >= 4 is 27.7 Å². The second-order valence-corrected chi connectivity index (χ2v) is 13.2. The third kappa shape index (κ3) is 8.12. The lowest BCUT2D eigenvalue weighted by molar-refractivity contribution is -0.208. The van der Waals surface area contributed by atoms with Crippen LogP contribution in [0.4, 0.5) is 0 Å². The predicted octanol–water partition coefficient (Wildman–Crippen LogP) is 4.80. The molecule has 18 heteroatoms. The molecule has 0 aliphatic rings. The van der Waals surface area contributed by atoms with E-state index in [9.17, 15) is 24.9 Å². The highest BCUT2D eigenvalue weighted by atomic mass is 79.9. The summed E-state index contributed by atoms with van der Waals surface area (Å²) in [5.41, 5.74) is 14.4. The Kier molecular flexibility index (Phi) is 11.8. The molecule has 290 valence electrons. The van der Waals surface area contributed by atoms with Crippen LogP contribution in [0, 0.1) is 0 Å². The molecule has 0 radical (unpaired) electrons. The molecule has 2 aromatic heterocycles. The lowest BCUT2D eigenvalue weighted by Crippen LogP contribution is -2.21. The highest BCUT2D eigenvalue weighted by Crippen LogP contribution is 2.41. The third-order valence-corrected chi connectivity index (χ3v) is 9.58. The van der Waals surface area contributed by atoms with Crippen LogP contribution < -0.4 is 21.1 Å². The third-order valence-electron chi connectivity index (χ3n) is 8.94. The number of halogens is 1. The van der Waals surface area contributed by atoms with Crippen molar-refractivity contribution in [3.8, 4) is 68.3 Å². The van der Waals surface area contributed by atoms with E-state index < -0.39 is 11.8 Å². The second-order valence-electron chi connectivity index (χ2n) is 12.4. The lowest BCUT2D eigenvalue weighted by atomic mass is 9.99. The van der Waals surface area contributed by atoms with Crippen LogP contribution in [0.3, 0.4) is 0 Å². The summed E-state index contributed by atoms with van der Waals surface area (Å²) >= 11 is 3.21. The first kappa shape index (κ1) is 39.2. The van der Waals surface area contributed by atoms with Crippen molar-refractivity contribution in [3.05, 3.63) is 94.5 Å². The number of ether oxygens (including phenoxy) is 1. The lowest BCUT2D eigenvalue weighted by Gasteiger charge is -2.18. The van der Waals surface area contributed by atoms with Crippen LogP contribution in [0.25, 0.3) is 39.6 Å². The minimum Gasteiger partial charge on any atom is -0.507 e. The molecule has 0 spiro atoms. The van der Waals surface area contributed by atoms with E-state index in [2.05, 4.69) is 55.1 Å². The van der Waals surface area contributed by atoms with Crippen molar-refractivity contribution in [2.24, 2.45) is 11.5 Å². The van der Waals surface area contributed by atoms with Gasteiger partial charge >= 0.3 is 0 Å². The molecule has 2 amide bonds. The number of methoxy groups -OCH3 is 1. The molecule has 56 heavy (non-hydrogen) atoms. The Morgan fingerprint density at radius 1 is 0.768 bits per heavy atom. The van der Waals surface area contributed by atoms with E-state index in [1.807, 2.05) is 24.3 Å². The van der Waals surface area contributed by atoms with Crippen LogP contribution in [0.1, 0.15) is 40.6 Å². The molecule has 6 aromatic rings. The molecule has 0 fully saturated rings. The molecule has 0 unspecified atom stereocenters. The Labute approximate surface area is 328 Å². The Hall–Kier alpha value is -6.50. The number of nitrogens with two attached hydrogens (primary N) is 2. The van der Waals surface area contributed by atoms with E-state index in [1.165, 1.54) is 28.4 Å². The molecule has 0 saturated heterocycles. The van der Waals surface area contributed by atoms with Gasteiger partial charge in [0.05, 0.1) is 29.3 Å². The summed E-state index contributed by atoms with van der Waals surface area (Å²) in [6.07, 6.45) is 0. The topological polar surface area (TPSA) is 239 Å². The fourth-order valence-electron chi connectivity index (χ4n) is 5.99. The maximum Gasteiger partial charge on any atom is 0.287 e. The van der Waals surface area contributed by atoms with Gasteiger partial charge in [0.2, 0.25) is 11.6 Å². The summed E-state index contributed by atoms with van der Waals surface area (Å²) in [4.78, 5) is 38.6. The van der Waals surface area contributed by atoms with Gasteiger partial charge in [-0.05, 0) is 76.5 Å². The van der Waals surface area contributed by atoms with Crippen LogP contribution >= 0.6 is 15.9 Å². The van der Waals surface area contributed by atoms with Crippen molar-refractivity contribution in [3.63, 3.8) is 0 Å². The maximum atomic E-state index is 12.6. The molecule has 7 N–H and O–H groups in total. The highest BCUT2D eigenvalue weighted by molar-refractivity contribution is 9.10. The molecule has 6 rings (SSSR count). The number of aromatic hydroxyl groups is 3. The fraction of sp³-hybridized carbons (Fsp3) is 0.211. The minimum absolute atomic E-state index is 0.0122. The first-order valence-corrected chi connectivity index (χ1v) is 18.1. The number of phenolic OH excluding ortho intramolecular Hbond substituents is 3. The van der Waals surface area contributed by atoms with Crippen LogP contribution in [0.2, 0.25) is 0 Å². The summed E-state index contributed by atoms with van der Waals surface area (Å²) in [6.45, 7) is 6.44. The summed E-state index contributed by atoms with van der Waals surface area (Å²) in [5.74, 6) is -2.10. The van der Waals surface area contributed by atoms with E-state index in [4.69, 9.17) is 26.0 Å². The Bertz CT molecular complexity index is 2380. The summed E-state index contributed by atoms with van der Waals surface area (Å²) < 4.78 is 8.33. The van der Waals surface area contributed by atoms with Gasteiger partial charge in [0, 0.05) is 29.9 Å². The van der Waals surface area contributed by atoms with Gasteiger partial charge in [-0.1, -0.05) is 38.1 Å². The van der Waals surface area contributed by atoms with Gasteiger partial charge in [-0.25, -0.2) is 0 Å². The molecular formula is C38H38BrN9O8. The normalized spacial score (nSPS) is 11.2. The zero-order valence-corrected chi connectivity index (χ0v) is 32.1. The first-order chi connectivity index (χ1) is 26.9. The van der Waals surface area contributed by atoms with E-state index in [0.29, 0.717) is 22.6 Å². The maximum absolute atomic E-state index is 12.6. The number of hydrogen-bond acceptors (Lipinski definition) is 13. The number of aromatic nitrogens is 6.